The molecule has 0 fully saturated rings. The van der Waals surface area contributed by atoms with Crippen molar-refractivity contribution in [2.75, 3.05) is 12.8 Å². The van der Waals surface area contributed by atoms with Crippen LogP contribution in [0.25, 0.3) is 0 Å². The molecule has 0 aliphatic heterocycles. The normalized spacial score (nSPS) is 13.8. The van der Waals surface area contributed by atoms with Crippen LogP contribution in [0.2, 0.25) is 0 Å². The summed E-state index contributed by atoms with van der Waals surface area (Å²) in [7, 11) is 1.86. The van der Waals surface area contributed by atoms with Gasteiger partial charge in [0.05, 0.1) is 6.07 Å². The van der Waals surface area contributed by atoms with Crippen LogP contribution in [0.4, 0.5) is 0 Å². The van der Waals surface area contributed by atoms with E-state index >= 15 is 0 Å². The third kappa shape index (κ3) is 5.67. The second-order valence-corrected chi connectivity index (χ2v) is 6.24. The quantitative estimate of drug-likeness (QED) is 0.731. The van der Waals surface area contributed by atoms with Gasteiger partial charge in [-0.05, 0) is 57.0 Å². The van der Waals surface area contributed by atoms with E-state index in [1.807, 2.05) is 25.7 Å². The van der Waals surface area contributed by atoms with Crippen LogP contribution < -0.4 is 5.32 Å². The van der Waals surface area contributed by atoms with Crippen LogP contribution >= 0.6 is 11.8 Å². The van der Waals surface area contributed by atoms with Gasteiger partial charge >= 0.3 is 0 Å². The second-order valence-electron chi connectivity index (χ2n) is 5.13. The van der Waals surface area contributed by atoms with Gasteiger partial charge in [-0.3, -0.25) is 0 Å². The lowest BCUT2D eigenvalue weighted by Crippen LogP contribution is -2.37. The predicted octanol–water partition coefficient (Wildman–Crippen LogP) is 3.90. The van der Waals surface area contributed by atoms with Crippen LogP contribution in [0.3, 0.4) is 0 Å². The van der Waals surface area contributed by atoms with Crippen molar-refractivity contribution < 1.29 is 0 Å². The molecule has 1 aromatic carbocycles. The first-order valence-electron chi connectivity index (χ1n) is 6.84. The monoisotopic (exact) mass is 276 g/mol. The van der Waals surface area contributed by atoms with Gasteiger partial charge in [-0.15, -0.1) is 0 Å². The highest BCUT2D eigenvalue weighted by molar-refractivity contribution is 7.98. The predicted molar refractivity (Wildman–Crippen MR) is 84.3 cm³/mol. The van der Waals surface area contributed by atoms with Crippen LogP contribution in [-0.4, -0.2) is 18.3 Å². The molecular formula is C16H24N2S. The fraction of sp³-hybridized carbons (Fsp3) is 0.562. The Labute approximate surface area is 121 Å². The number of hydrogen-bond donors (Lipinski definition) is 1. The third-order valence-electron chi connectivity index (χ3n) is 3.53. The summed E-state index contributed by atoms with van der Waals surface area (Å²) in [6, 6.07) is 10.9. The molecule has 1 N–H and O–H groups in total. The fourth-order valence-corrected chi connectivity index (χ4v) is 2.97. The molecule has 1 aromatic rings. The van der Waals surface area contributed by atoms with Gasteiger partial charge in [-0.2, -0.15) is 17.0 Å². The molecule has 0 spiro atoms. The number of thioether (sulfide) groups is 1. The average molecular weight is 276 g/mol. The Morgan fingerprint density at radius 1 is 1.32 bits per heavy atom. The van der Waals surface area contributed by atoms with Crippen LogP contribution in [0.5, 0.6) is 0 Å². The first-order chi connectivity index (χ1) is 9.11. The van der Waals surface area contributed by atoms with E-state index in [1.54, 1.807) is 0 Å². The van der Waals surface area contributed by atoms with Crippen molar-refractivity contribution in [1.29, 1.82) is 5.26 Å². The van der Waals surface area contributed by atoms with Gasteiger partial charge in [0.2, 0.25) is 0 Å². The molecule has 19 heavy (non-hydrogen) atoms. The van der Waals surface area contributed by atoms with E-state index < -0.39 is 0 Å². The molecule has 0 bridgehead atoms. The van der Waals surface area contributed by atoms with E-state index in [4.69, 9.17) is 5.26 Å². The number of unbranched alkanes of at least 4 members (excludes halogenated alkanes) is 1. The molecule has 104 valence electrons. The van der Waals surface area contributed by atoms with Gasteiger partial charge in [0, 0.05) is 5.75 Å². The van der Waals surface area contributed by atoms with Crippen LogP contribution in [-0.2, 0) is 5.75 Å². The number of benzene rings is 1. The molecule has 0 aliphatic rings. The van der Waals surface area contributed by atoms with E-state index in [2.05, 4.69) is 42.6 Å². The van der Waals surface area contributed by atoms with E-state index in [0.717, 1.165) is 18.6 Å². The van der Waals surface area contributed by atoms with Gasteiger partial charge in [0.25, 0.3) is 0 Å². The highest BCUT2D eigenvalue weighted by Gasteiger charge is 2.19. The van der Waals surface area contributed by atoms with Crippen molar-refractivity contribution in [2.45, 2.75) is 44.4 Å². The zero-order chi connectivity index (χ0) is 14.1. The van der Waals surface area contributed by atoms with E-state index in [9.17, 15) is 0 Å². The number of rotatable bonds is 8. The van der Waals surface area contributed by atoms with Crippen LogP contribution in [0, 0.1) is 18.3 Å². The largest absolute Gasteiger partial charge is 0.303 e. The van der Waals surface area contributed by atoms with Crippen LogP contribution in [0.15, 0.2) is 24.3 Å². The Bertz CT molecular complexity index is 425. The minimum Gasteiger partial charge on any atom is -0.303 e. The summed E-state index contributed by atoms with van der Waals surface area (Å²) in [4.78, 5) is 0. The van der Waals surface area contributed by atoms with E-state index in [1.165, 1.54) is 23.3 Å². The van der Waals surface area contributed by atoms with Crippen molar-refractivity contribution in [3.63, 3.8) is 0 Å². The zero-order valence-corrected chi connectivity index (χ0v) is 13.0. The first kappa shape index (κ1) is 16.1. The molecule has 2 nitrogen and oxygen atoms in total. The number of nitriles is 1. The zero-order valence-electron chi connectivity index (χ0n) is 12.2. The summed E-state index contributed by atoms with van der Waals surface area (Å²) in [6.07, 6.45) is 3.20. The Hall–Kier alpha value is -0.980. The molecule has 1 rings (SSSR count). The molecule has 3 heteroatoms. The van der Waals surface area contributed by atoms with Crippen molar-refractivity contribution in [3.05, 3.63) is 35.4 Å². The van der Waals surface area contributed by atoms with E-state index in [0.29, 0.717) is 0 Å². The summed E-state index contributed by atoms with van der Waals surface area (Å²) in [5.74, 6) is 2.26. The Kier molecular flexibility index (Phi) is 6.97. The van der Waals surface area contributed by atoms with Crippen LogP contribution in [0.1, 0.15) is 37.3 Å². The molecule has 0 radical (unpaired) electrons. The maximum absolute atomic E-state index is 9.05. The lowest BCUT2D eigenvalue weighted by atomic mass is 9.97. The Morgan fingerprint density at radius 2 is 2.05 bits per heavy atom. The summed E-state index contributed by atoms with van der Waals surface area (Å²) in [5, 5.41) is 12.1. The SMILES string of the molecule is CNC(C)(C#N)CCCCSCc1ccccc1C. The molecule has 0 aromatic heterocycles. The summed E-state index contributed by atoms with van der Waals surface area (Å²) in [6.45, 7) is 4.13. The topological polar surface area (TPSA) is 35.8 Å². The molecular weight excluding hydrogens is 252 g/mol. The molecule has 0 saturated carbocycles. The summed E-state index contributed by atoms with van der Waals surface area (Å²) >= 11 is 1.98. The van der Waals surface area contributed by atoms with Crippen molar-refractivity contribution >= 4 is 11.8 Å². The molecule has 0 heterocycles. The van der Waals surface area contributed by atoms with Crippen molar-refractivity contribution in [2.24, 2.45) is 0 Å². The average Bonchev–Trinajstić information content (AvgIpc) is 2.44. The summed E-state index contributed by atoms with van der Waals surface area (Å²) in [5.41, 5.74) is 2.45. The second kappa shape index (κ2) is 8.24. The standard InChI is InChI=1S/C16H24N2S/c1-14-8-4-5-9-15(14)12-19-11-7-6-10-16(2,13-17)18-3/h4-5,8-9,18H,6-7,10-12H2,1-3H3. The summed E-state index contributed by atoms with van der Waals surface area (Å²) < 4.78 is 0. The van der Waals surface area contributed by atoms with Gasteiger partial charge in [0.15, 0.2) is 0 Å². The maximum Gasteiger partial charge on any atom is 0.103 e. The lowest BCUT2D eigenvalue weighted by molar-refractivity contribution is 0.439. The van der Waals surface area contributed by atoms with Crippen molar-refractivity contribution in [3.8, 4) is 6.07 Å². The Balaban J connectivity index is 2.16. The number of aryl methyl sites for hydroxylation is 1. The Morgan fingerprint density at radius 3 is 2.68 bits per heavy atom. The minimum absolute atomic E-state index is 0.360. The number of nitrogens with zero attached hydrogens (tertiary/aromatic N) is 1. The molecule has 0 saturated heterocycles. The highest BCUT2D eigenvalue weighted by Crippen LogP contribution is 2.19. The molecule has 0 amide bonds. The maximum atomic E-state index is 9.05. The van der Waals surface area contributed by atoms with Crippen molar-refractivity contribution in [1.82, 2.24) is 5.32 Å². The van der Waals surface area contributed by atoms with E-state index in [-0.39, 0.29) is 5.54 Å². The minimum atomic E-state index is -0.360. The third-order valence-corrected chi connectivity index (χ3v) is 4.63. The molecule has 1 unspecified atom stereocenters. The van der Waals surface area contributed by atoms with Gasteiger partial charge < -0.3 is 5.32 Å². The van der Waals surface area contributed by atoms with Gasteiger partial charge in [0.1, 0.15) is 5.54 Å². The van der Waals surface area contributed by atoms with Gasteiger partial charge in [-0.1, -0.05) is 24.3 Å². The molecule has 0 aliphatic carbocycles. The van der Waals surface area contributed by atoms with Gasteiger partial charge in [-0.25, -0.2) is 0 Å². The lowest BCUT2D eigenvalue weighted by Gasteiger charge is -2.20. The molecule has 1 atom stereocenters. The first-order valence-corrected chi connectivity index (χ1v) is 7.99. The number of hydrogen-bond acceptors (Lipinski definition) is 3. The fourth-order valence-electron chi connectivity index (χ4n) is 1.87. The number of nitrogens with one attached hydrogen (secondary N) is 1. The highest BCUT2D eigenvalue weighted by atomic mass is 32.2. The smallest absolute Gasteiger partial charge is 0.103 e.